The second-order valence-electron chi connectivity index (χ2n) is 5.23. The average Bonchev–Trinajstić information content (AvgIpc) is 2.48. The first-order chi connectivity index (χ1) is 9.33. The molecule has 0 unspecified atom stereocenters. The minimum absolute atomic E-state index is 0.699. The molecular weight excluding hydrogens is 236 g/mol. The van der Waals surface area contributed by atoms with Gasteiger partial charge >= 0.3 is 0 Å². The molecule has 1 aromatic carbocycles. The number of hydrogen-bond acceptors (Lipinski definition) is 3. The molecule has 0 atom stereocenters. The van der Waals surface area contributed by atoms with E-state index >= 15 is 0 Å². The summed E-state index contributed by atoms with van der Waals surface area (Å²) in [4.78, 5) is 0. The Morgan fingerprint density at radius 2 is 2.11 bits per heavy atom. The zero-order valence-electron chi connectivity index (χ0n) is 12.2. The van der Waals surface area contributed by atoms with Crippen LogP contribution in [-0.4, -0.2) is 32.8 Å². The van der Waals surface area contributed by atoms with Gasteiger partial charge in [0.15, 0.2) is 0 Å². The third-order valence-corrected chi connectivity index (χ3v) is 3.91. The van der Waals surface area contributed by atoms with Crippen molar-refractivity contribution in [3.63, 3.8) is 0 Å². The smallest absolute Gasteiger partial charge is 0.122 e. The fourth-order valence-corrected chi connectivity index (χ4v) is 2.71. The van der Waals surface area contributed by atoms with Crippen LogP contribution in [0.15, 0.2) is 18.2 Å². The van der Waals surface area contributed by atoms with Gasteiger partial charge in [-0.05, 0) is 62.5 Å². The van der Waals surface area contributed by atoms with Crippen molar-refractivity contribution in [3.05, 3.63) is 29.3 Å². The normalized spacial score (nSPS) is 16.5. The molecule has 1 saturated heterocycles. The zero-order chi connectivity index (χ0) is 13.5. The highest BCUT2D eigenvalue weighted by Crippen LogP contribution is 2.20. The van der Waals surface area contributed by atoms with Crippen molar-refractivity contribution < 1.29 is 4.74 Å². The van der Waals surface area contributed by atoms with Crippen LogP contribution in [-0.2, 0) is 12.8 Å². The lowest BCUT2D eigenvalue weighted by Crippen LogP contribution is -2.40. The van der Waals surface area contributed by atoms with Gasteiger partial charge in [0.05, 0.1) is 7.11 Å². The Bertz CT molecular complexity index is 386. The summed E-state index contributed by atoms with van der Waals surface area (Å²) in [6, 6.07) is 7.26. The third kappa shape index (κ3) is 4.22. The van der Waals surface area contributed by atoms with Crippen LogP contribution in [0.2, 0.25) is 0 Å². The van der Waals surface area contributed by atoms with Crippen molar-refractivity contribution in [2.45, 2.75) is 38.6 Å². The molecule has 0 aromatic heterocycles. The highest BCUT2D eigenvalue weighted by atomic mass is 16.5. The molecule has 0 bridgehead atoms. The second-order valence-corrected chi connectivity index (χ2v) is 5.23. The number of methoxy groups -OCH3 is 1. The van der Waals surface area contributed by atoms with Crippen molar-refractivity contribution in [1.82, 2.24) is 10.6 Å². The monoisotopic (exact) mass is 262 g/mol. The molecule has 1 aliphatic heterocycles. The zero-order valence-corrected chi connectivity index (χ0v) is 12.2. The molecule has 2 N–H and O–H groups in total. The van der Waals surface area contributed by atoms with E-state index < -0.39 is 0 Å². The first-order valence-corrected chi connectivity index (χ1v) is 7.43. The summed E-state index contributed by atoms with van der Waals surface area (Å²) in [5, 5.41) is 7.06. The van der Waals surface area contributed by atoms with Crippen molar-refractivity contribution in [2.75, 3.05) is 26.7 Å². The molecule has 2 rings (SSSR count). The van der Waals surface area contributed by atoms with E-state index in [-0.39, 0.29) is 0 Å². The molecule has 0 spiro atoms. The topological polar surface area (TPSA) is 33.3 Å². The third-order valence-electron chi connectivity index (χ3n) is 3.91. The molecule has 3 nitrogen and oxygen atoms in total. The summed E-state index contributed by atoms with van der Waals surface area (Å²) in [5.74, 6) is 1.01. The molecule has 106 valence electrons. The minimum Gasteiger partial charge on any atom is -0.496 e. The number of aryl methyl sites for hydroxylation is 1. The van der Waals surface area contributed by atoms with Gasteiger partial charge in [0.25, 0.3) is 0 Å². The number of hydrogen-bond donors (Lipinski definition) is 2. The highest BCUT2D eigenvalue weighted by Gasteiger charge is 2.11. The van der Waals surface area contributed by atoms with Gasteiger partial charge in [-0.2, -0.15) is 0 Å². The van der Waals surface area contributed by atoms with Crippen molar-refractivity contribution in [1.29, 1.82) is 0 Å². The van der Waals surface area contributed by atoms with Crippen LogP contribution in [0.5, 0.6) is 5.75 Å². The average molecular weight is 262 g/mol. The summed E-state index contributed by atoms with van der Waals surface area (Å²) in [6.07, 6.45) is 4.63. The van der Waals surface area contributed by atoms with Crippen molar-refractivity contribution in [3.8, 4) is 5.75 Å². The second kappa shape index (κ2) is 7.51. The molecule has 0 saturated carbocycles. The molecule has 0 aliphatic carbocycles. The lowest BCUT2D eigenvalue weighted by molar-refractivity contribution is 0.389. The van der Waals surface area contributed by atoms with Crippen LogP contribution in [0.1, 0.15) is 30.9 Å². The standard InChI is InChI=1S/C16H26N2O/c1-3-14-12-13(4-5-16(14)19-2)6-11-18-15-7-9-17-10-8-15/h4-5,12,15,17-18H,3,6-11H2,1-2H3. The molecule has 19 heavy (non-hydrogen) atoms. The van der Waals surface area contributed by atoms with E-state index in [1.807, 2.05) is 0 Å². The lowest BCUT2D eigenvalue weighted by Gasteiger charge is -2.23. The van der Waals surface area contributed by atoms with Crippen LogP contribution in [0.25, 0.3) is 0 Å². The first kappa shape index (κ1) is 14.4. The van der Waals surface area contributed by atoms with E-state index in [1.165, 1.54) is 24.0 Å². The Morgan fingerprint density at radius 1 is 1.32 bits per heavy atom. The van der Waals surface area contributed by atoms with Crippen molar-refractivity contribution >= 4 is 0 Å². The molecule has 0 amide bonds. The lowest BCUT2D eigenvalue weighted by atomic mass is 10.0. The Hall–Kier alpha value is -1.06. The number of ether oxygens (including phenoxy) is 1. The predicted molar refractivity (Wildman–Crippen MR) is 80.0 cm³/mol. The van der Waals surface area contributed by atoms with Gasteiger partial charge < -0.3 is 15.4 Å². The molecular formula is C16H26N2O. The Morgan fingerprint density at radius 3 is 2.79 bits per heavy atom. The van der Waals surface area contributed by atoms with Crippen LogP contribution in [0.4, 0.5) is 0 Å². The van der Waals surface area contributed by atoms with E-state index in [0.29, 0.717) is 6.04 Å². The Labute approximate surface area is 116 Å². The van der Waals surface area contributed by atoms with Gasteiger partial charge in [-0.1, -0.05) is 19.1 Å². The van der Waals surface area contributed by atoms with Gasteiger partial charge in [0, 0.05) is 6.04 Å². The number of piperidine rings is 1. The van der Waals surface area contributed by atoms with E-state index in [4.69, 9.17) is 4.74 Å². The van der Waals surface area contributed by atoms with Crippen molar-refractivity contribution in [2.24, 2.45) is 0 Å². The SMILES string of the molecule is CCc1cc(CCNC2CCNCC2)ccc1OC. The quantitative estimate of drug-likeness (QED) is 0.824. The Balaban J connectivity index is 1.81. The van der Waals surface area contributed by atoms with Gasteiger partial charge in [-0.25, -0.2) is 0 Å². The van der Waals surface area contributed by atoms with Gasteiger partial charge in [0.1, 0.15) is 5.75 Å². The first-order valence-electron chi connectivity index (χ1n) is 7.43. The fourth-order valence-electron chi connectivity index (χ4n) is 2.71. The molecule has 1 aromatic rings. The maximum absolute atomic E-state index is 5.37. The van der Waals surface area contributed by atoms with Crippen LogP contribution in [0.3, 0.4) is 0 Å². The van der Waals surface area contributed by atoms with Gasteiger partial charge in [-0.15, -0.1) is 0 Å². The van der Waals surface area contributed by atoms with Crippen LogP contribution in [0, 0.1) is 0 Å². The summed E-state index contributed by atoms with van der Waals surface area (Å²) in [6.45, 7) is 5.55. The van der Waals surface area contributed by atoms with E-state index in [2.05, 4.69) is 35.8 Å². The maximum atomic E-state index is 5.37. The summed E-state index contributed by atoms with van der Waals surface area (Å²) < 4.78 is 5.37. The fraction of sp³-hybridized carbons (Fsp3) is 0.625. The molecule has 0 radical (unpaired) electrons. The maximum Gasteiger partial charge on any atom is 0.122 e. The minimum atomic E-state index is 0.699. The Kier molecular flexibility index (Phi) is 5.67. The van der Waals surface area contributed by atoms with E-state index in [9.17, 15) is 0 Å². The van der Waals surface area contributed by atoms with E-state index in [0.717, 1.165) is 38.2 Å². The number of benzene rings is 1. The summed E-state index contributed by atoms with van der Waals surface area (Å²) >= 11 is 0. The largest absolute Gasteiger partial charge is 0.496 e. The molecule has 1 aliphatic rings. The summed E-state index contributed by atoms with van der Waals surface area (Å²) in [5.41, 5.74) is 2.71. The van der Waals surface area contributed by atoms with E-state index in [1.54, 1.807) is 7.11 Å². The van der Waals surface area contributed by atoms with Crippen LogP contribution >= 0.6 is 0 Å². The molecule has 1 heterocycles. The number of rotatable bonds is 6. The van der Waals surface area contributed by atoms with Gasteiger partial charge in [-0.3, -0.25) is 0 Å². The molecule has 1 fully saturated rings. The highest BCUT2D eigenvalue weighted by molar-refractivity contribution is 5.37. The molecule has 3 heteroatoms. The van der Waals surface area contributed by atoms with Crippen LogP contribution < -0.4 is 15.4 Å². The number of nitrogens with one attached hydrogen (secondary N) is 2. The summed E-state index contributed by atoms with van der Waals surface area (Å²) in [7, 11) is 1.74. The predicted octanol–water partition coefficient (Wildman–Crippen LogP) is 2.14. The van der Waals surface area contributed by atoms with Gasteiger partial charge in [0.2, 0.25) is 0 Å².